The van der Waals surface area contributed by atoms with E-state index in [0.29, 0.717) is 19.5 Å². The smallest absolute Gasteiger partial charge is 0.114 e. The molecule has 1 fully saturated rings. The van der Waals surface area contributed by atoms with Gasteiger partial charge in [0.1, 0.15) is 6.17 Å². The van der Waals surface area contributed by atoms with Crippen LogP contribution in [0.1, 0.15) is 18.1 Å². The fourth-order valence-electron chi connectivity index (χ4n) is 1.98. The molecule has 82 valence electrons. The number of aliphatic hydroxyl groups is 1. The van der Waals surface area contributed by atoms with Crippen LogP contribution in [0.4, 0.5) is 4.39 Å². The molecule has 2 nitrogen and oxygen atoms in total. The van der Waals surface area contributed by atoms with Gasteiger partial charge in [0, 0.05) is 19.6 Å². The van der Waals surface area contributed by atoms with E-state index in [4.69, 9.17) is 0 Å². The van der Waals surface area contributed by atoms with Gasteiger partial charge in [0.25, 0.3) is 0 Å². The summed E-state index contributed by atoms with van der Waals surface area (Å²) >= 11 is 0. The van der Waals surface area contributed by atoms with Crippen LogP contribution in [0.2, 0.25) is 0 Å². The lowest BCUT2D eigenvalue weighted by atomic mass is 10.1. The molecule has 0 aromatic heterocycles. The lowest BCUT2D eigenvalue weighted by Crippen LogP contribution is -2.26. The molecule has 1 aliphatic heterocycles. The molecular weight excluding hydrogens is 193 g/mol. The van der Waals surface area contributed by atoms with Crippen molar-refractivity contribution in [1.29, 1.82) is 0 Å². The summed E-state index contributed by atoms with van der Waals surface area (Å²) in [5, 5.41) is 9.90. The van der Waals surface area contributed by atoms with Crippen molar-refractivity contribution in [2.75, 3.05) is 19.6 Å². The molecule has 0 bridgehead atoms. The number of likely N-dealkylation sites (tertiary alicyclic amines) is 1. The van der Waals surface area contributed by atoms with E-state index in [1.54, 1.807) is 0 Å². The molecule has 1 heterocycles. The Morgan fingerprint density at radius 3 is 2.73 bits per heavy atom. The summed E-state index contributed by atoms with van der Waals surface area (Å²) in [5.41, 5.74) is 0.903. The van der Waals surface area contributed by atoms with Crippen LogP contribution in [0.25, 0.3) is 0 Å². The van der Waals surface area contributed by atoms with E-state index in [9.17, 15) is 9.50 Å². The maximum absolute atomic E-state index is 12.9. The summed E-state index contributed by atoms with van der Waals surface area (Å²) in [5.74, 6) is 0. The highest BCUT2D eigenvalue weighted by Crippen LogP contribution is 2.18. The SMILES string of the molecule is O[C@H](CN1CC[C@H](F)C1)c1ccccc1. The molecule has 2 rings (SSSR count). The van der Waals surface area contributed by atoms with Crippen LogP contribution in [0.5, 0.6) is 0 Å². The first-order chi connectivity index (χ1) is 7.25. The molecule has 15 heavy (non-hydrogen) atoms. The largest absolute Gasteiger partial charge is 0.387 e. The topological polar surface area (TPSA) is 23.5 Å². The van der Waals surface area contributed by atoms with Gasteiger partial charge in [0.2, 0.25) is 0 Å². The summed E-state index contributed by atoms with van der Waals surface area (Å²) in [7, 11) is 0. The molecule has 2 atom stereocenters. The van der Waals surface area contributed by atoms with Crippen LogP contribution < -0.4 is 0 Å². The van der Waals surface area contributed by atoms with E-state index in [2.05, 4.69) is 0 Å². The van der Waals surface area contributed by atoms with Crippen molar-refractivity contribution in [3.8, 4) is 0 Å². The second-order valence-electron chi connectivity index (χ2n) is 4.07. The zero-order chi connectivity index (χ0) is 10.7. The van der Waals surface area contributed by atoms with E-state index in [-0.39, 0.29) is 0 Å². The summed E-state index contributed by atoms with van der Waals surface area (Å²) in [4.78, 5) is 1.97. The van der Waals surface area contributed by atoms with Gasteiger partial charge in [-0.1, -0.05) is 30.3 Å². The average Bonchev–Trinajstić information content (AvgIpc) is 2.65. The molecule has 0 saturated carbocycles. The van der Waals surface area contributed by atoms with E-state index >= 15 is 0 Å². The van der Waals surface area contributed by atoms with Gasteiger partial charge in [-0.25, -0.2) is 4.39 Å². The van der Waals surface area contributed by atoms with E-state index in [1.807, 2.05) is 35.2 Å². The van der Waals surface area contributed by atoms with Crippen molar-refractivity contribution in [2.24, 2.45) is 0 Å². The fourth-order valence-corrected chi connectivity index (χ4v) is 1.98. The highest BCUT2D eigenvalue weighted by atomic mass is 19.1. The number of alkyl halides is 1. The predicted molar refractivity (Wildman–Crippen MR) is 57.4 cm³/mol. The van der Waals surface area contributed by atoms with Gasteiger partial charge in [-0.3, -0.25) is 4.90 Å². The van der Waals surface area contributed by atoms with Crippen LogP contribution in [0, 0.1) is 0 Å². The Morgan fingerprint density at radius 2 is 2.13 bits per heavy atom. The van der Waals surface area contributed by atoms with Crippen LogP contribution in [0.3, 0.4) is 0 Å². The lowest BCUT2D eigenvalue weighted by Gasteiger charge is -2.19. The normalized spacial score (nSPS) is 24.3. The second-order valence-corrected chi connectivity index (χ2v) is 4.07. The Kier molecular flexibility index (Phi) is 3.34. The molecule has 3 heteroatoms. The van der Waals surface area contributed by atoms with Gasteiger partial charge < -0.3 is 5.11 Å². The van der Waals surface area contributed by atoms with Crippen LogP contribution in [0.15, 0.2) is 30.3 Å². The standard InChI is InChI=1S/C12H16FNO/c13-11-6-7-14(8-11)9-12(15)10-4-2-1-3-5-10/h1-5,11-12,15H,6-9H2/t11-,12+/m0/s1. The third-order valence-corrected chi connectivity index (χ3v) is 2.83. The number of aliphatic hydroxyl groups excluding tert-OH is 1. The Balaban J connectivity index is 1.90. The number of benzene rings is 1. The Morgan fingerprint density at radius 1 is 1.40 bits per heavy atom. The Hall–Kier alpha value is -0.930. The lowest BCUT2D eigenvalue weighted by molar-refractivity contribution is 0.122. The van der Waals surface area contributed by atoms with Crippen LogP contribution >= 0.6 is 0 Å². The third kappa shape index (κ3) is 2.76. The second kappa shape index (κ2) is 4.73. The zero-order valence-corrected chi connectivity index (χ0v) is 8.64. The number of halogens is 1. The first-order valence-corrected chi connectivity index (χ1v) is 5.35. The van der Waals surface area contributed by atoms with Gasteiger partial charge in [-0.15, -0.1) is 0 Å². The number of β-amino-alcohol motifs (C(OH)–C–C–N with tert-alkyl or cyclic N) is 1. The molecule has 0 aliphatic carbocycles. The molecule has 1 saturated heterocycles. The quantitative estimate of drug-likeness (QED) is 0.820. The van der Waals surface area contributed by atoms with Crippen molar-refractivity contribution in [2.45, 2.75) is 18.7 Å². The van der Waals surface area contributed by atoms with Gasteiger partial charge in [0.05, 0.1) is 6.10 Å². The highest BCUT2D eigenvalue weighted by Gasteiger charge is 2.23. The van der Waals surface area contributed by atoms with Crippen LogP contribution in [-0.2, 0) is 0 Å². The molecular formula is C12H16FNO. The Bertz CT molecular complexity index is 304. The predicted octanol–water partition coefficient (Wildman–Crippen LogP) is 1.76. The molecule has 1 aromatic carbocycles. The van der Waals surface area contributed by atoms with Gasteiger partial charge >= 0.3 is 0 Å². The number of hydrogen-bond donors (Lipinski definition) is 1. The third-order valence-electron chi connectivity index (χ3n) is 2.83. The van der Waals surface area contributed by atoms with Gasteiger partial charge in [-0.05, 0) is 12.0 Å². The molecule has 1 aromatic rings. The minimum atomic E-state index is -0.715. The monoisotopic (exact) mass is 209 g/mol. The van der Waals surface area contributed by atoms with E-state index in [0.717, 1.165) is 12.1 Å². The fraction of sp³-hybridized carbons (Fsp3) is 0.500. The summed E-state index contributed by atoms with van der Waals surface area (Å²) in [6, 6.07) is 9.52. The van der Waals surface area contributed by atoms with Crippen molar-refractivity contribution < 1.29 is 9.50 Å². The molecule has 0 spiro atoms. The molecule has 1 N–H and O–H groups in total. The maximum Gasteiger partial charge on any atom is 0.114 e. The van der Waals surface area contributed by atoms with Gasteiger partial charge in [-0.2, -0.15) is 0 Å². The van der Waals surface area contributed by atoms with Crippen molar-refractivity contribution in [1.82, 2.24) is 4.90 Å². The van der Waals surface area contributed by atoms with Crippen molar-refractivity contribution >= 4 is 0 Å². The number of hydrogen-bond acceptors (Lipinski definition) is 2. The first-order valence-electron chi connectivity index (χ1n) is 5.35. The van der Waals surface area contributed by atoms with Crippen molar-refractivity contribution in [3.05, 3.63) is 35.9 Å². The summed E-state index contributed by atoms with van der Waals surface area (Å²) in [6.45, 7) is 1.75. The summed E-state index contributed by atoms with van der Waals surface area (Å²) < 4.78 is 12.9. The Labute approximate surface area is 89.3 Å². The van der Waals surface area contributed by atoms with Crippen molar-refractivity contribution in [3.63, 3.8) is 0 Å². The first kappa shape index (κ1) is 10.6. The maximum atomic E-state index is 12.9. The number of rotatable bonds is 3. The minimum Gasteiger partial charge on any atom is -0.387 e. The van der Waals surface area contributed by atoms with Crippen LogP contribution in [-0.4, -0.2) is 35.8 Å². The zero-order valence-electron chi connectivity index (χ0n) is 8.64. The molecule has 1 aliphatic rings. The minimum absolute atomic E-state index is 0.462. The molecule has 0 radical (unpaired) electrons. The van der Waals surface area contributed by atoms with E-state index in [1.165, 1.54) is 0 Å². The molecule has 0 unspecified atom stereocenters. The molecule has 0 amide bonds. The van der Waals surface area contributed by atoms with Gasteiger partial charge in [0.15, 0.2) is 0 Å². The highest BCUT2D eigenvalue weighted by molar-refractivity contribution is 5.17. The van der Waals surface area contributed by atoms with E-state index < -0.39 is 12.3 Å². The number of nitrogens with zero attached hydrogens (tertiary/aromatic N) is 1. The summed E-state index contributed by atoms with van der Waals surface area (Å²) in [6.07, 6.45) is -0.619. The average molecular weight is 209 g/mol.